The van der Waals surface area contributed by atoms with Crippen LogP contribution in [0.3, 0.4) is 0 Å². The minimum absolute atomic E-state index is 0.0438. The maximum Gasteiger partial charge on any atom is 0.424 e. The summed E-state index contributed by atoms with van der Waals surface area (Å²) in [5.41, 5.74) is 0. The van der Waals surface area contributed by atoms with Crippen molar-refractivity contribution in [1.82, 2.24) is 5.01 Å². The van der Waals surface area contributed by atoms with Gasteiger partial charge in [-0.25, -0.2) is 15.6 Å². The van der Waals surface area contributed by atoms with Crippen molar-refractivity contribution in [2.45, 2.75) is 19.8 Å². The number of ether oxygens (including phenoxy) is 1. The summed E-state index contributed by atoms with van der Waals surface area (Å²) in [6, 6.07) is 0. The molecule has 0 bridgehead atoms. The number of amides is 1. The molecule has 76 valence electrons. The highest BCUT2D eigenvalue weighted by atomic mass is 16.6. The minimum atomic E-state index is -1.00. The van der Waals surface area contributed by atoms with Gasteiger partial charge in [-0.3, -0.25) is 4.79 Å². The molecule has 0 rings (SSSR count). The molecule has 0 unspecified atom stereocenters. The van der Waals surface area contributed by atoms with Crippen LogP contribution in [0.1, 0.15) is 19.8 Å². The van der Waals surface area contributed by atoms with E-state index in [1.807, 2.05) is 6.92 Å². The van der Waals surface area contributed by atoms with E-state index < -0.39 is 12.1 Å². The molecule has 13 heavy (non-hydrogen) atoms. The van der Waals surface area contributed by atoms with E-state index in [-0.39, 0.29) is 13.0 Å². The molecule has 0 saturated heterocycles. The van der Waals surface area contributed by atoms with Gasteiger partial charge in [-0.2, -0.15) is 0 Å². The fraction of sp³-hybridized carbons (Fsp3) is 0.714. The largest absolute Gasteiger partial charge is 0.481 e. The van der Waals surface area contributed by atoms with Crippen molar-refractivity contribution in [3.05, 3.63) is 0 Å². The molecule has 0 aromatic rings. The van der Waals surface area contributed by atoms with Gasteiger partial charge in [0.05, 0.1) is 19.6 Å². The molecule has 6 heteroatoms. The number of carboxylic acid groups (broad SMARTS) is 1. The molecule has 0 aliphatic carbocycles. The summed E-state index contributed by atoms with van der Waals surface area (Å²) in [4.78, 5) is 21.0. The van der Waals surface area contributed by atoms with E-state index in [0.717, 1.165) is 5.01 Å². The van der Waals surface area contributed by atoms with Crippen molar-refractivity contribution in [3.63, 3.8) is 0 Å². The van der Waals surface area contributed by atoms with E-state index >= 15 is 0 Å². The Morgan fingerprint density at radius 1 is 1.54 bits per heavy atom. The third-order valence-electron chi connectivity index (χ3n) is 1.23. The van der Waals surface area contributed by atoms with Crippen molar-refractivity contribution in [2.24, 2.45) is 5.84 Å². The van der Waals surface area contributed by atoms with Crippen LogP contribution in [0.2, 0.25) is 0 Å². The van der Waals surface area contributed by atoms with E-state index in [2.05, 4.69) is 4.74 Å². The molecule has 0 aromatic heterocycles. The topological polar surface area (TPSA) is 92.9 Å². The summed E-state index contributed by atoms with van der Waals surface area (Å²) in [6.07, 6.45) is -0.168. The number of nitrogens with two attached hydrogens (primary N) is 1. The number of rotatable bonds is 5. The molecule has 1 amide bonds. The van der Waals surface area contributed by atoms with Gasteiger partial charge in [0.1, 0.15) is 0 Å². The number of aliphatic carboxylic acids is 1. The van der Waals surface area contributed by atoms with Crippen LogP contribution in [0.5, 0.6) is 0 Å². The molecule has 0 fully saturated rings. The highest BCUT2D eigenvalue weighted by Crippen LogP contribution is 1.91. The monoisotopic (exact) mass is 190 g/mol. The fourth-order valence-corrected chi connectivity index (χ4v) is 0.580. The lowest BCUT2D eigenvalue weighted by molar-refractivity contribution is -0.137. The van der Waals surface area contributed by atoms with Crippen LogP contribution in [0.4, 0.5) is 4.79 Å². The zero-order valence-electron chi connectivity index (χ0n) is 7.52. The number of carbonyl (C=O) groups is 2. The first-order valence-corrected chi connectivity index (χ1v) is 3.98. The van der Waals surface area contributed by atoms with Crippen LogP contribution >= 0.6 is 0 Å². The Morgan fingerprint density at radius 2 is 2.15 bits per heavy atom. The normalized spacial score (nSPS) is 9.38. The average molecular weight is 190 g/mol. The molecular formula is C7H14N2O4. The average Bonchev–Trinajstić information content (AvgIpc) is 2.10. The van der Waals surface area contributed by atoms with E-state index in [1.54, 1.807) is 0 Å². The van der Waals surface area contributed by atoms with E-state index in [1.165, 1.54) is 0 Å². The second-order valence-corrected chi connectivity index (χ2v) is 2.45. The minimum Gasteiger partial charge on any atom is -0.481 e. The Morgan fingerprint density at radius 3 is 2.62 bits per heavy atom. The van der Waals surface area contributed by atoms with Gasteiger partial charge in [-0.15, -0.1) is 0 Å². The van der Waals surface area contributed by atoms with Crippen LogP contribution in [0.25, 0.3) is 0 Å². The quantitative estimate of drug-likeness (QED) is 0.366. The van der Waals surface area contributed by atoms with Crippen LogP contribution in [-0.2, 0) is 9.53 Å². The zero-order valence-corrected chi connectivity index (χ0v) is 7.52. The lowest BCUT2D eigenvalue weighted by Gasteiger charge is -2.14. The summed E-state index contributed by atoms with van der Waals surface area (Å²) in [7, 11) is 0. The first-order valence-electron chi connectivity index (χ1n) is 3.98. The smallest absolute Gasteiger partial charge is 0.424 e. The number of hydrogen-bond donors (Lipinski definition) is 2. The summed E-state index contributed by atoms with van der Waals surface area (Å²) in [5, 5.41) is 9.04. The van der Waals surface area contributed by atoms with Gasteiger partial charge in [0, 0.05) is 0 Å². The number of hydrogen-bond acceptors (Lipinski definition) is 4. The number of hydrazine groups is 1. The molecular weight excluding hydrogens is 176 g/mol. The van der Waals surface area contributed by atoms with Gasteiger partial charge in [0.15, 0.2) is 0 Å². The van der Waals surface area contributed by atoms with Crippen LogP contribution in [0.15, 0.2) is 0 Å². The van der Waals surface area contributed by atoms with Gasteiger partial charge < -0.3 is 9.84 Å². The van der Waals surface area contributed by atoms with E-state index in [9.17, 15) is 9.59 Å². The lowest BCUT2D eigenvalue weighted by Crippen LogP contribution is -2.39. The first kappa shape index (κ1) is 11.7. The Kier molecular flexibility index (Phi) is 5.62. The molecule has 3 N–H and O–H groups in total. The molecule has 0 atom stereocenters. The summed E-state index contributed by atoms with van der Waals surface area (Å²) < 4.78 is 4.65. The molecule has 0 aliphatic rings. The van der Waals surface area contributed by atoms with Crippen molar-refractivity contribution >= 4 is 12.1 Å². The van der Waals surface area contributed by atoms with Crippen molar-refractivity contribution < 1.29 is 19.4 Å². The van der Waals surface area contributed by atoms with Crippen LogP contribution in [0, 0.1) is 0 Å². The second kappa shape index (κ2) is 6.24. The van der Waals surface area contributed by atoms with Gasteiger partial charge in [-0.05, 0) is 6.42 Å². The molecule has 0 spiro atoms. The lowest BCUT2D eigenvalue weighted by atomic mass is 10.4. The Bertz CT molecular complexity index is 183. The van der Waals surface area contributed by atoms with Gasteiger partial charge in [0.25, 0.3) is 0 Å². The molecule has 0 aliphatic heterocycles. The third kappa shape index (κ3) is 5.92. The van der Waals surface area contributed by atoms with E-state index in [0.29, 0.717) is 13.0 Å². The summed E-state index contributed by atoms with van der Waals surface area (Å²) in [5.74, 6) is 4.20. The third-order valence-corrected chi connectivity index (χ3v) is 1.23. The van der Waals surface area contributed by atoms with Crippen molar-refractivity contribution in [1.29, 1.82) is 0 Å². The number of carboxylic acids is 1. The Hall–Kier alpha value is -1.30. The molecule has 0 saturated carbocycles. The first-order chi connectivity index (χ1) is 6.07. The predicted molar refractivity (Wildman–Crippen MR) is 44.8 cm³/mol. The highest BCUT2D eigenvalue weighted by Gasteiger charge is 2.11. The summed E-state index contributed by atoms with van der Waals surface area (Å²) >= 11 is 0. The fourth-order valence-electron chi connectivity index (χ4n) is 0.580. The van der Waals surface area contributed by atoms with Crippen molar-refractivity contribution in [2.75, 3.05) is 13.2 Å². The summed E-state index contributed by atoms with van der Waals surface area (Å²) in [6.45, 7) is 2.10. The maximum atomic E-state index is 10.9. The predicted octanol–water partition coefficient (Wildman–Crippen LogP) is 0.183. The Labute approximate surface area is 76.2 Å². The molecule has 0 radical (unpaired) electrons. The molecule has 6 nitrogen and oxygen atoms in total. The van der Waals surface area contributed by atoms with Gasteiger partial charge in [0.2, 0.25) is 0 Å². The van der Waals surface area contributed by atoms with Crippen LogP contribution in [-0.4, -0.2) is 35.3 Å². The maximum absolute atomic E-state index is 10.9. The molecule has 0 heterocycles. The van der Waals surface area contributed by atoms with Gasteiger partial charge in [-0.1, -0.05) is 6.92 Å². The van der Waals surface area contributed by atoms with Crippen molar-refractivity contribution in [3.8, 4) is 0 Å². The van der Waals surface area contributed by atoms with E-state index in [4.69, 9.17) is 10.9 Å². The van der Waals surface area contributed by atoms with Crippen LogP contribution < -0.4 is 5.84 Å². The van der Waals surface area contributed by atoms with Gasteiger partial charge >= 0.3 is 12.1 Å². The zero-order chi connectivity index (χ0) is 10.3. The number of nitrogens with zero attached hydrogens (tertiary/aromatic N) is 1. The highest BCUT2D eigenvalue weighted by molar-refractivity contribution is 5.70. The number of carbonyl (C=O) groups excluding carboxylic acids is 1. The SMILES string of the molecule is CCCOC(=O)N(N)CCC(=O)O. The Balaban J connectivity index is 3.62. The standard InChI is InChI=1S/C7H14N2O4/c1-2-5-13-7(12)9(8)4-3-6(10)11/h2-5,8H2,1H3,(H,10,11). The molecule has 0 aromatic carbocycles. The second-order valence-electron chi connectivity index (χ2n) is 2.45.